The molecule has 10 aromatic rings. The van der Waals surface area contributed by atoms with E-state index in [1.54, 1.807) is 0 Å². The van der Waals surface area contributed by atoms with Crippen molar-refractivity contribution >= 4 is 66.7 Å². The summed E-state index contributed by atoms with van der Waals surface area (Å²) in [6, 6.07) is 66.0. The average molecular weight is 698 g/mol. The Balaban J connectivity index is 1.08. The van der Waals surface area contributed by atoms with E-state index in [9.17, 15) is 4.57 Å². The highest BCUT2D eigenvalue weighted by molar-refractivity contribution is 7.85. The van der Waals surface area contributed by atoms with Crippen LogP contribution in [0.3, 0.4) is 0 Å². The molecule has 4 heteroatoms. The molecule has 0 saturated heterocycles. The number of pyridine rings is 1. The van der Waals surface area contributed by atoms with Crippen LogP contribution in [-0.2, 0) is 4.57 Å². The molecule has 0 fully saturated rings. The van der Waals surface area contributed by atoms with Crippen LogP contribution < -0.4 is 15.9 Å². The van der Waals surface area contributed by atoms with Crippen LogP contribution in [0.2, 0.25) is 0 Å². The van der Waals surface area contributed by atoms with Crippen molar-refractivity contribution in [1.82, 2.24) is 4.98 Å². The zero-order valence-corrected chi connectivity index (χ0v) is 29.6. The third kappa shape index (κ3) is 5.12. The van der Waals surface area contributed by atoms with Crippen molar-refractivity contribution in [2.75, 3.05) is 0 Å². The van der Waals surface area contributed by atoms with E-state index in [4.69, 9.17) is 9.40 Å². The zero-order valence-electron chi connectivity index (χ0n) is 28.7. The first-order valence-electron chi connectivity index (χ1n) is 17.8. The summed E-state index contributed by atoms with van der Waals surface area (Å²) in [5.74, 6) is 0. The summed E-state index contributed by atoms with van der Waals surface area (Å²) in [4.78, 5) is 5.33. The molecule has 0 aliphatic rings. The summed E-state index contributed by atoms with van der Waals surface area (Å²) in [6.45, 7) is 0. The third-order valence-corrected chi connectivity index (χ3v) is 13.5. The molecular formula is C49H32NO2P. The maximum absolute atomic E-state index is 14.9. The highest BCUT2D eigenvalue weighted by atomic mass is 31.2. The van der Waals surface area contributed by atoms with E-state index in [-0.39, 0.29) is 0 Å². The molecule has 0 aliphatic carbocycles. The SMILES string of the molecule is O=P(c1ccccc1)(c1ccccc1)c1ccc(-c2ccc(-c3cccc4nc(-c5cccc6ccccc56)c5oc6ccccc6c5c34)cc2)cc1. The minimum absolute atomic E-state index is 0.794. The molecule has 0 aliphatic heterocycles. The lowest BCUT2D eigenvalue weighted by molar-refractivity contribution is 0.592. The summed E-state index contributed by atoms with van der Waals surface area (Å²) >= 11 is 0. The van der Waals surface area contributed by atoms with Crippen molar-refractivity contribution in [2.24, 2.45) is 0 Å². The lowest BCUT2D eigenvalue weighted by Crippen LogP contribution is -2.24. The van der Waals surface area contributed by atoms with Gasteiger partial charge in [0.25, 0.3) is 0 Å². The highest BCUT2D eigenvalue weighted by Crippen LogP contribution is 2.45. The maximum atomic E-state index is 14.9. The monoisotopic (exact) mass is 697 g/mol. The second-order valence-electron chi connectivity index (χ2n) is 13.4. The van der Waals surface area contributed by atoms with Gasteiger partial charge in [0.05, 0.1) is 5.52 Å². The van der Waals surface area contributed by atoms with Gasteiger partial charge in [-0.2, -0.15) is 0 Å². The fourth-order valence-electron chi connectivity index (χ4n) is 7.81. The first-order chi connectivity index (χ1) is 26.2. The van der Waals surface area contributed by atoms with E-state index in [0.29, 0.717) is 0 Å². The molecule has 0 amide bonds. The smallest absolute Gasteiger partial charge is 0.171 e. The van der Waals surface area contributed by atoms with Crippen molar-refractivity contribution in [3.63, 3.8) is 0 Å². The van der Waals surface area contributed by atoms with Crippen molar-refractivity contribution in [3.05, 3.63) is 194 Å². The Morgan fingerprint density at radius 2 is 0.943 bits per heavy atom. The number of fused-ring (bicyclic) bond motifs is 6. The number of rotatable bonds is 6. The average Bonchev–Trinajstić information content (AvgIpc) is 3.63. The van der Waals surface area contributed by atoms with Gasteiger partial charge < -0.3 is 8.98 Å². The fourth-order valence-corrected chi connectivity index (χ4v) is 10.5. The van der Waals surface area contributed by atoms with Gasteiger partial charge in [-0.3, -0.25) is 0 Å². The van der Waals surface area contributed by atoms with E-state index < -0.39 is 7.14 Å². The summed E-state index contributed by atoms with van der Waals surface area (Å²) in [5, 5.41) is 8.01. The Labute approximate surface area is 307 Å². The van der Waals surface area contributed by atoms with Gasteiger partial charge in [-0.25, -0.2) is 4.98 Å². The summed E-state index contributed by atoms with van der Waals surface area (Å²) < 4.78 is 21.5. The van der Waals surface area contributed by atoms with Gasteiger partial charge in [-0.1, -0.05) is 182 Å². The molecule has 2 aromatic heterocycles. The first-order valence-corrected chi connectivity index (χ1v) is 19.5. The van der Waals surface area contributed by atoms with Gasteiger partial charge in [0.15, 0.2) is 12.7 Å². The quantitative estimate of drug-likeness (QED) is 0.162. The van der Waals surface area contributed by atoms with Crippen molar-refractivity contribution in [1.29, 1.82) is 0 Å². The molecule has 3 nitrogen and oxygen atoms in total. The molecule has 53 heavy (non-hydrogen) atoms. The Morgan fingerprint density at radius 1 is 0.415 bits per heavy atom. The molecule has 0 unspecified atom stereocenters. The number of aromatic nitrogens is 1. The van der Waals surface area contributed by atoms with Crippen LogP contribution in [0.15, 0.2) is 199 Å². The lowest BCUT2D eigenvalue weighted by Gasteiger charge is -2.20. The Kier molecular flexibility index (Phi) is 7.42. The number of para-hydroxylation sites is 1. The van der Waals surface area contributed by atoms with Crippen LogP contribution >= 0.6 is 7.14 Å². The van der Waals surface area contributed by atoms with E-state index in [1.807, 2.05) is 84.9 Å². The predicted molar refractivity (Wildman–Crippen MR) is 222 cm³/mol. The molecule has 0 radical (unpaired) electrons. The minimum Gasteiger partial charge on any atom is -0.454 e. The van der Waals surface area contributed by atoms with Gasteiger partial charge >= 0.3 is 0 Å². The second kappa shape index (κ2) is 12.6. The van der Waals surface area contributed by atoms with Crippen LogP contribution in [0.1, 0.15) is 0 Å². The lowest BCUT2D eigenvalue weighted by atomic mass is 9.93. The van der Waals surface area contributed by atoms with Gasteiger partial charge in [-0.15, -0.1) is 0 Å². The molecular weight excluding hydrogens is 666 g/mol. The molecule has 250 valence electrons. The van der Waals surface area contributed by atoms with Crippen molar-refractivity contribution in [3.8, 4) is 33.5 Å². The van der Waals surface area contributed by atoms with Gasteiger partial charge in [0.2, 0.25) is 0 Å². The summed E-state index contributed by atoms with van der Waals surface area (Å²) in [6.07, 6.45) is 0. The number of furan rings is 1. The van der Waals surface area contributed by atoms with E-state index in [2.05, 4.69) is 109 Å². The molecule has 0 spiro atoms. The normalized spacial score (nSPS) is 11.8. The molecule has 8 aromatic carbocycles. The second-order valence-corrected chi connectivity index (χ2v) is 16.2. The van der Waals surface area contributed by atoms with E-state index in [0.717, 1.165) is 87.7 Å². The van der Waals surface area contributed by atoms with Crippen LogP contribution in [-0.4, -0.2) is 4.98 Å². The fraction of sp³-hybridized carbons (Fsp3) is 0. The largest absolute Gasteiger partial charge is 0.454 e. The van der Waals surface area contributed by atoms with Crippen LogP contribution in [0, 0.1) is 0 Å². The van der Waals surface area contributed by atoms with Gasteiger partial charge in [0, 0.05) is 37.6 Å². The van der Waals surface area contributed by atoms with Crippen LogP contribution in [0.25, 0.3) is 77.1 Å². The van der Waals surface area contributed by atoms with Crippen LogP contribution in [0.4, 0.5) is 0 Å². The summed E-state index contributed by atoms with van der Waals surface area (Å²) in [7, 11) is -3.04. The number of hydrogen-bond donors (Lipinski definition) is 0. The molecule has 0 N–H and O–H groups in total. The van der Waals surface area contributed by atoms with E-state index >= 15 is 0 Å². The van der Waals surface area contributed by atoms with Gasteiger partial charge in [-0.05, 0) is 45.2 Å². The Morgan fingerprint density at radius 3 is 1.66 bits per heavy atom. The first kappa shape index (κ1) is 31.2. The summed E-state index contributed by atoms with van der Waals surface area (Å²) in [5.41, 5.74) is 8.81. The number of hydrogen-bond acceptors (Lipinski definition) is 3. The molecule has 2 heterocycles. The third-order valence-electron chi connectivity index (χ3n) is 10.4. The zero-order chi connectivity index (χ0) is 35.4. The maximum Gasteiger partial charge on any atom is 0.171 e. The highest BCUT2D eigenvalue weighted by Gasteiger charge is 2.29. The Bertz CT molecular complexity index is 2960. The predicted octanol–water partition coefficient (Wildman–Crippen LogP) is 11.9. The Hall–Kier alpha value is -6.54. The van der Waals surface area contributed by atoms with E-state index in [1.165, 1.54) is 5.39 Å². The molecule has 0 saturated carbocycles. The molecule has 10 rings (SSSR count). The number of nitrogens with zero attached hydrogens (tertiary/aromatic N) is 1. The van der Waals surface area contributed by atoms with Crippen molar-refractivity contribution in [2.45, 2.75) is 0 Å². The topological polar surface area (TPSA) is 43.1 Å². The molecule has 0 atom stereocenters. The van der Waals surface area contributed by atoms with Crippen molar-refractivity contribution < 1.29 is 8.98 Å². The number of benzene rings is 8. The van der Waals surface area contributed by atoms with Crippen LogP contribution in [0.5, 0.6) is 0 Å². The minimum atomic E-state index is -3.04. The van der Waals surface area contributed by atoms with Gasteiger partial charge in [0.1, 0.15) is 11.3 Å². The molecule has 0 bridgehead atoms. The standard InChI is InChI=1S/C49H32NO2P/c51-53(37-15-3-1-4-16-37,38-17-5-2-6-18-38)39-31-29-34(30-32-39)33-25-27-36(28-26-33)41-21-12-23-44-46(41)47-43-20-9-10-24-45(43)52-49(47)48(50-44)42-22-11-14-35-13-7-8-19-40(35)42/h1-32H.